The second-order valence-electron chi connectivity index (χ2n) is 10.1. The second-order valence-corrected chi connectivity index (χ2v) is 13.8. The van der Waals surface area contributed by atoms with Crippen molar-refractivity contribution in [1.29, 1.82) is 0 Å². The predicted octanol–water partition coefficient (Wildman–Crippen LogP) is 5.54. The third-order valence-corrected chi connectivity index (χ3v) is 10.4. The summed E-state index contributed by atoms with van der Waals surface area (Å²) in [6, 6.07) is 15.9. The van der Waals surface area contributed by atoms with Crippen LogP contribution >= 0.6 is 27.3 Å². The SMILES string of the molecule is CC(C)COC(=O)COc1c(C(=O)O)sc(-c2cccc(N(C3CCNCC3)S(=O)(=O)Cc3ccccc3)c2)c1Br. The van der Waals surface area contributed by atoms with Gasteiger partial charge in [0.1, 0.15) is 0 Å². The van der Waals surface area contributed by atoms with E-state index in [-0.39, 0.29) is 34.9 Å². The summed E-state index contributed by atoms with van der Waals surface area (Å²) in [6.07, 6.45) is 1.32. The Kier molecular flexibility index (Phi) is 10.5. The van der Waals surface area contributed by atoms with E-state index in [1.165, 1.54) is 4.31 Å². The van der Waals surface area contributed by atoms with Crippen LogP contribution in [0.1, 0.15) is 41.9 Å². The van der Waals surface area contributed by atoms with Gasteiger partial charge in [-0.25, -0.2) is 18.0 Å². The monoisotopic (exact) mass is 664 g/mol. The molecule has 0 saturated carbocycles. The second kappa shape index (κ2) is 13.8. The van der Waals surface area contributed by atoms with Crippen molar-refractivity contribution in [2.75, 3.05) is 30.6 Å². The minimum atomic E-state index is -3.76. The van der Waals surface area contributed by atoms with Gasteiger partial charge in [0.15, 0.2) is 17.2 Å². The third-order valence-electron chi connectivity index (χ3n) is 6.41. The van der Waals surface area contributed by atoms with Crippen molar-refractivity contribution in [3.63, 3.8) is 0 Å². The third kappa shape index (κ3) is 7.88. The number of aromatic carboxylic acids is 1. The van der Waals surface area contributed by atoms with Gasteiger partial charge >= 0.3 is 11.9 Å². The largest absolute Gasteiger partial charge is 0.479 e. The first-order valence-electron chi connectivity index (χ1n) is 13.3. The number of carbonyl (C=O) groups is 2. The standard InChI is InChI=1S/C29H33BrN2O7S2/c1-19(2)16-38-24(33)17-39-26-25(30)27(40-28(26)29(34)35)21-9-6-10-23(15-21)32(22-11-13-31-14-12-22)41(36,37)18-20-7-4-3-5-8-20/h3-10,15,19,22,31H,11-14,16-18H2,1-2H3,(H,34,35). The van der Waals surface area contributed by atoms with Gasteiger partial charge in [0, 0.05) is 6.04 Å². The number of carboxylic acid groups (broad SMARTS) is 1. The lowest BCUT2D eigenvalue weighted by atomic mass is 10.1. The lowest BCUT2D eigenvalue weighted by Gasteiger charge is -2.35. The van der Waals surface area contributed by atoms with Crippen LogP contribution in [0.3, 0.4) is 0 Å². The average molecular weight is 666 g/mol. The summed E-state index contributed by atoms with van der Waals surface area (Å²) < 4.78 is 40.4. The Morgan fingerprint density at radius 1 is 1.12 bits per heavy atom. The number of carboxylic acids is 1. The Labute approximate surface area is 252 Å². The minimum Gasteiger partial charge on any atom is -0.479 e. The normalized spacial score (nSPS) is 14.1. The molecule has 0 aliphatic carbocycles. The zero-order valence-electron chi connectivity index (χ0n) is 22.8. The fraction of sp³-hybridized carbons (Fsp3) is 0.379. The molecule has 2 aromatic carbocycles. The van der Waals surface area contributed by atoms with Crippen molar-refractivity contribution >= 4 is 54.9 Å². The highest BCUT2D eigenvalue weighted by atomic mass is 79.9. The van der Waals surface area contributed by atoms with Gasteiger partial charge in [-0.2, -0.15) is 0 Å². The van der Waals surface area contributed by atoms with E-state index in [0.717, 1.165) is 11.3 Å². The number of esters is 1. The van der Waals surface area contributed by atoms with Gasteiger partial charge in [0.05, 0.1) is 27.4 Å². The molecule has 9 nitrogen and oxygen atoms in total. The number of ether oxygens (including phenoxy) is 2. The Bertz CT molecular complexity index is 1470. The van der Waals surface area contributed by atoms with Crippen LogP contribution in [-0.2, 0) is 25.3 Å². The van der Waals surface area contributed by atoms with Gasteiger partial charge in [-0.3, -0.25) is 4.31 Å². The summed E-state index contributed by atoms with van der Waals surface area (Å²) in [5.41, 5.74) is 1.82. The molecular formula is C29H33BrN2O7S2. The van der Waals surface area contributed by atoms with Crippen molar-refractivity contribution in [2.24, 2.45) is 5.92 Å². The fourth-order valence-corrected chi connectivity index (χ4v) is 8.30. The van der Waals surface area contributed by atoms with E-state index < -0.39 is 28.6 Å². The number of rotatable bonds is 12. The topological polar surface area (TPSA) is 122 Å². The number of nitrogens with zero attached hydrogens (tertiary/aromatic N) is 1. The quantitative estimate of drug-likeness (QED) is 0.242. The summed E-state index contributed by atoms with van der Waals surface area (Å²) >= 11 is 4.45. The zero-order chi connectivity index (χ0) is 29.6. The molecule has 41 heavy (non-hydrogen) atoms. The predicted molar refractivity (Wildman–Crippen MR) is 163 cm³/mol. The van der Waals surface area contributed by atoms with Gasteiger partial charge in [-0.05, 0) is 71.0 Å². The van der Waals surface area contributed by atoms with E-state index in [1.54, 1.807) is 36.4 Å². The van der Waals surface area contributed by atoms with Gasteiger partial charge in [-0.15, -0.1) is 11.3 Å². The maximum atomic E-state index is 13.9. The summed E-state index contributed by atoms with van der Waals surface area (Å²) in [6.45, 7) is 5.03. The smallest absolute Gasteiger partial charge is 0.349 e. The molecule has 1 saturated heterocycles. The van der Waals surface area contributed by atoms with Gasteiger partial charge in [0.2, 0.25) is 10.0 Å². The number of hydrogen-bond donors (Lipinski definition) is 2. The first kappa shape index (κ1) is 31.0. The van der Waals surface area contributed by atoms with Crippen LogP contribution < -0.4 is 14.4 Å². The molecule has 0 radical (unpaired) electrons. The molecule has 12 heteroatoms. The molecule has 4 rings (SSSR count). The van der Waals surface area contributed by atoms with Crippen LogP contribution in [0.25, 0.3) is 10.4 Å². The molecule has 0 spiro atoms. The van der Waals surface area contributed by atoms with E-state index in [1.807, 2.05) is 32.0 Å². The highest BCUT2D eigenvalue weighted by Gasteiger charge is 2.32. The lowest BCUT2D eigenvalue weighted by molar-refractivity contribution is -0.147. The number of thiophene rings is 1. The van der Waals surface area contributed by atoms with Crippen LogP contribution in [0, 0.1) is 5.92 Å². The molecule has 1 aromatic heterocycles. The highest BCUT2D eigenvalue weighted by molar-refractivity contribution is 9.10. The molecule has 1 aliphatic rings. The first-order valence-corrected chi connectivity index (χ1v) is 16.5. The summed E-state index contributed by atoms with van der Waals surface area (Å²) in [5, 5.41) is 13.1. The van der Waals surface area contributed by atoms with Crippen LogP contribution in [-0.4, -0.2) is 57.8 Å². The van der Waals surface area contributed by atoms with Crippen LogP contribution in [0.4, 0.5) is 5.69 Å². The van der Waals surface area contributed by atoms with Crippen molar-refractivity contribution < 1.29 is 32.6 Å². The number of hydrogen-bond acceptors (Lipinski definition) is 8. The number of piperidine rings is 1. The average Bonchev–Trinajstić information content (AvgIpc) is 3.28. The number of carbonyl (C=O) groups excluding carboxylic acids is 1. The van der Waals surface area contributed by atoms with E-state index in [9.17, 15) is 23.1 Å². The van der Waals surface area contributed by atoms with Crippen molar-refractivity contribution in [1.82, 2.24) is 5.32 Å². The number of nitrogens with one attached hydrogen (secondary N) is 1. The maximum absolute atomic E-state index is 13.9. The molecule has 0 amide bonds. The number of halogens is 1. The maximum Gasteiger partial charge on any atom is 0.349 e. The van der Waals surface area contributed by atoms with Crippen molar-refractivity contribution in [3.8, 4) is 16.2 Å². The van der Waals surface area contributed by atoms with Gasteiger partial charge in [0.25, 0.3) is 0 Å². The Balaban J connectivity index is 1.68. The van der Waals surface area contributed by atoms with E-state index in [0.29, 0.717) is 52.1 Å². The molecule has 2 heterocycles. The number of benzene rings is 2. The van der Waals surface area contributed by atoms with Crippen LogP contribution in [0.5, 0.6) is 5.75 Å². The molecule has 3 aromatic rings. The Hall–Kier alpha value is -2.93. The van der Waals surface area contributed by atoms with E-state index >= 15 is 0 Å². The Morgan fingerprint density at radius 3 is 2.49 bits per heavy atom. The van der Waals surface area contributed by atoms with Gasteiger partial charge in [-0.1, -0.05) is 56.3 Å². The highest BCUT2D eigenvalue weighted by Crippen LogP contribution is 2.46. The number of anilines is 1. The van der Waals surface area contributed by atoms with E-state index in [4.69, 9.17) is 9.47 Å². The molecule has 0 bridgehead atoms. The summed E-state index contributed by atoms with van der Waals surface area (Å²) in [5.74, 6) is -1.76. The zero-order valence-corrected chi connectivity index (χ0v) is 26.1. The van der Waals surface area contributed by atoms with Crippen molar-refractivity contribution in [2.45, 2.75) is 38.5 Å². The first-order chi connectivity index (χ1) is 19.6. The molecule has 0 atom stereocenters. The molecular weight excluding hydrogens is 632 g/mol. The lowest BCUT2D eigenvalue weighted by Crippen LogP contribution is -2.46. The number of sulfonamides is 1. The fourth-order valence-electron chi connectivity index (χ4n) is 4.56. The molecule has 1 fully saturated rings. The van der Waals surface area contributed by atoms with Gasteiger partial charge < -0.3 is 19.9 Å². The molecule has 220 valence electrons. The molecule has 0 unspecified atom stereocenters. The Morgan fingerprint density at radius 2 is 1.83 bits per heavy atom. The minimum absolute atomic E-state index is 0.0244. The molecule has 1 aliphatic heterocycles. The summed E-state index contributed by atoms with van der Waals surface area (Å²) in [7, 11) is -3.76. The summed E-state index contributed by atoms with van der Waals surface area (Å²) in [4.78, 5) is 24.6. The molecule has 2 N–H and O–H groups in total. The van der Waals surface area contributed by atoms with E-state index in [2.05, 4.69) is 21.2 Å². The van der Waals surface area contributed by atoms with Crippen molar-refractivity contribution in [3.05, 3.63) is 69.5 Å². The van der Waals surface area contributed by atoms with Crippen LogP contribution in [0.2, 0.25) is 0 Å². The van der Waals surface area contributed by atoms with Crippen LogP contribution in [0.15, 0.2) is 59.1 Å².